The second kappa shape index (κ2) is 5.10. The van der Waals surface area contributed by atoms with Crippen molar-refractivity contribution in [2.24, 2.45) is 7.05 Å². The Balaban J connectivity index is 2.12. The first-order chi connectivity index (χ1) is 8.06. The molecule has 0 aliphatic heterocycles. The van der Waals surface area contributed by atoms with Crippen molar-refractivity contribution in [3.8, 4) is 0 Å². The number of hydrogen-bond acceptors (Lipinski definition) is 2. The van der Waals surface area contributed by atoms with E-state index in [4.69, 9.17) is 11.6 Å². The number of nitrogens with one attached hydrogen (secondary N) is 1. The quantitative estimate of drug-likeness (QED) is 0.927. The number of hydrogen-bond donors (Lipinski definition) is 1. The maximum atomic E-state index is 5.95. The molecular formula is C12H13BrClN3. The normalized spacial score (nSPS) is 12.5. The molecule has 1 N–H and O–H groups in total. The van der Waals surface area contributed by atoms with Crippen molar-refractivity contribution < 1.29 is 0 Å². The Morgan fingerprint density at radius 2 is 2.24 bits per heavy atom. The van der Waals surface area contributed by atoms with E-state index in [1.165, 1.54) is 0 Å². The molecule has 3 nitrogen and oxygen atoms in total. The molecule has 0 bridgehead atoms. The molecule has 90 valence electrons. The van der Waals surface area contributed by atoms with Gasteiger partial charge in [-0.3, -0.25) is 4.68 Å². The van der Waals surface area contributed by atoms with Gasteiger partial charge >= 0.3 is 0 Å². The largest absolute Gasteiger partial charge is 0.378 e. The Morgan fingerprint density at radius 3 is 2.82 bits per heavy atom. The van der Waals surface area contributed by atoms with Crippen LogP contribution >= 0.6 is 27.5 Å². The molecule has 2 aromatic rings. The van der Waals surface area contributed by atoms with Crippen molar-refractivity contribution in [3.63, 3.8) is 0 Å². The van der Waals surface area contributed by atoms with E-state index in [0.717, 1.165) is 15.7 Å². The Kier molecular flexibility index (Phi) is 3.74. The zero-order valence-electron chi connectivity index (χ0n) is 9.61. The monoisotopic (exact) mass is 313 g/mol. The van der Waals surface area contributed by atoms with Crippen molar-refractivity contribution in [2.75, 3.05) is 5.32 Å². The Labute approximate surface area is 114 Å². The van der Waals surface area contributed by atoms with Gasteiger partial charge in [-0.1, -0.05) is 11.6 Å². The van der Waals surface area contributed by atoms with Crippen molar-refractivity contribution in [1.82, 2.24) is 9.78 Å². The summed E-state index contributed by atoms with van der Waals surface area (Å²) in [6.07, 6.45) is 3.87. The Hall–Kier alpha value is -1.00. The van der Waals surface area contributed by atoms with Crippen LogP contribution in [-0.4, -0.2) is 9.78 Å². The zero-order valence-corrected chi connectivity index (χ0v) is 12.0. The van der Waals surface area contributed by atoms with Gasteiger partial charge in [0, 0.05) is 29.0 Å². The third-order valence-corrected chi connectivity index (χ3v) is 3.74. The smallest absolute Gasteiger partial charge is 0.0549 e. The lowest BCUT2D eigenvalue weighted by Gasteiger charge is -2.14. The van der Waals surface area contributed by atoms with Crippen LogP contribution in [0.3, 0.4) is 0 Å². The summed E-state index contributed by atoms with van der Waals surface area (Å²) in [5, 5.41) is 8.27. The van der Waals surface area contributed by atoms with Crippen LogP contribution in [-0.2, 0) is 7.05 Å². The average molecular weight is 315 g/mol. The van der Waals surface area contributed by atoms with E-state index in [2.05, 4.69) is 33.3 Å². The van der Waals surface area contributed by atoms with Crippen LogP contribution in [0, 0.1) is 0 Å². The molecule has 0 aliphatic carbocycles. The molecule has 1 unspecified atom stereocenters. The van der Waals surface area contributed by atoms with Crippen LogP contribution in [0.2, 0.25) is 5.02 Å². The van der Waals surface area contributed by atoms with Crippen LogP contribution in [0.1, 0.15) is 18.5 Å². The summed E-state index contributed by atoms with van der Waals surface area (Å²) < 4.78 is 2.69. The number of anilines is 1. The summed E-state index contributed by atoms with van der Waals surface area (Å²) in [7, 11) is 1.91. The zero-order chi connectivity index (χ0) is 12.4. The van der Waals surface area contributed by atoms with Crippen LogP contribution in [0.5, 0.6) is 0 Å². The van der Waals surface area contributed by atoms with E-state index in [-0.39, 0.29) is 6.04 Å². The van der Waals surface area contributed by atoms with Crippen molar-refractivity contribution in [3.05, 3.63) is 45.7 Å². The number of rotatable bonds is 3. The molecule has 5 heteroatoms. The number of aryl methyl sites for hydroxylation is 1. The minimum atomic E-state index is 0.205. The molecular weight excluding hydrogens is 302 g/mol. The fraction of sp³-hybridized carbons (Fsp3) is 0.250. The lowest BCUT2D eigenvalue weighted by Crippen LogP contribution is -2.05. The van der Waals surface area contributed by atoms with Crippen LogP contribution in [0.15, 0.2) is 35.1 Å². The van der Waals surface area contributed by atoms with E-state index < -0.39 is 0 Å². The summed E-state index contributed by atoms with van der Waals surface area (Å²) in [5.41, 5.74) is 2.18. The SMILES string of the molecule is CC(Nc1ccc(Cl)c(Br)c1)c1cnn(C)c1. The van der Waals surface area contributed by atoms with Gasteiger partial charge < -0.3 is 5.32 Å². The molecule has 0 radical (unpaired) electrons. The maximum Gasteiger partial charge on any atom is 0.0549 e. The number of aromatic nitrogens is 2. The van der Waals surface area contributed by atoms with E-state index in [1.807, 2.05) is 37.6 Å². The first-order valence-corrected chi connectivity index (χ1v) is 6.43. The molecule has 0 spiro atoms. The number of nitrogens with zero attached hydrogens (tertiary/aromatic N) is 2. The highest BCUT2D eigenvalue weighted by atomic mass is 79.9. The first-order valence-electron chi connectivity index (χ1n) is 5.26. The van der Waals surface area contributed by atoms with Crippen LogP contribution < -0.4 is 5.32 Å². The third-order valence-electron chi connectivity index (χ3n) is 2.53. The van der Waals surface area contributed by atoms with Gasteiger partial charge in [0.2, 0.25) is 0 Å². The van der Waals surface area contributed by atoms with Gasteiger partial charge in [-0.05, 0) is 41.1 Å². The fourth-order valence-electron chi connectivity index (χ4n) is 1.58. The highest BCUT2D eigenvalue weighted by Gasteiger charge is 2.08. The Bertz CT molecular complexity index is 524. The number of halogens is 2. The summed E-state index contributed by atoms with van der Waals surface area (Å²) >= 11 is 9.36. The van der Waals surface area contributed by atoms with Gasteiger partial charge in [0.25, 0.3) is 0 Å². The number of benzene rings is 1. The van der Waals surface area contributed by atoms with Gasteiger partial charge in [0.1, 0.15) is 0 Å². The van der Waals surface area contributed by atoms with Crippen molar-refractivity contribution in [2.45, 2.75) is 13.0 Å². The van der Waals surface area contributed by atoms with E-state index in [1.54, 1.807) is 4.68 Å². The summed E-state index contributed by atoms with van der Waals surface area (Å²) in [4.78, 5) is 0. The molecule has 1 atom stereocenters. The molecule has 0 fully saturated rings. The van der Waals surface area contributed by atoms with Gasteiger partial charge in [-0.2, -0.15) is 5.10 Å². The third kappa shape index (κ3) is 3.01. The van der Waals surface area contributed by atoms with E-state index in [9.17, 15) is 0 Å². The molecule has 2 rings (SSSR count). The first kappa shape index (κ1) is 12.5. The lowest BCUT2D eigenvalue weighted by atomic mass is 10.2. The van der Waals surface area contributed by atoms with Crippen molar-refractivity contribution >= 4 is 33.2 Å². The summed E-state index contributed by atoms with van der Waals surface area (Å²) in [5.74, 6) is 0. The highest BCUT2D eigenvalue weighted by Crippen LogP contribution is 2.27. The minimum absolute atomic E-state index is 0.205. The molecule has 0 saturated heterocycles. The predicted octanol–water partition coefficient (Wildman–Crippen LogP) is 4.01. The fourth-order valence-corrected chi connectivity index (χ4v) is 2.08. The highest BCUT2D eigenvalue weighted by molar-refractivity contribution is 9.10. The van der Waals surface area contributed by atoms with Gasteiger partial charge in [-0.15, -0.1) is 0 Å². The maximum absolute atomic E-state index is 5.95. The molecule has 1 heterocycles. The van der Waals surface area contributed by atoms with Gasteiger partial charge in [0.05, 0.1) is 17.3 Å². The topological polar surface area (TPSA) is 29.9 Å². The van der Waals surface area contributed by atoms with Gasteiger partial charge in [-0.25, -0.2) is 0 Å². The second-order valence-electron chi connectivity index (χ2n) is 3.94. The van der Waals surface area contributed by atoms with E-state index in [0.29, 0.717) is 5.02 Å². The van der Waals surface area contributed by atoms with Crippen molar-refractivity contribution in [1.29, 1.82) is 0 Å². The standard InChI is InChI=1S/C12H13BrClN3/c1-8(9-6-15-17(2)7-9)16-10-3-4-12(14)11(13)5-10/h3-8,16H,1-2H3. The molecule has 0 saturated carbocycles. The molecule has 1 aromatic carbocycles. The molecule has 0 aliphatic rings. The second-order valence-corrected chi connectivity index (χ2v) is 5.20. The molecule has 17 heavy (non-hydrogen) atoms. The summed E-state index contributed by atoms with van der Waals surface area (Å²) in [6, 6.07) is 6.00. The molecule has 0 amide bonds. The predicted molar refractivity (Wildman–Crippen MR) is 74.4 cm³/mol. The summed E-state index contributed by atoms with van der Waals surface area (Å²) in [6.45, 7) is 2.10. The minimum Gasteiger partial charge on any atom is -0.378 e. The Morgan fingerprint density at radius 1 is 1.47 bits per heavy atom. The van der Waals surface area contributed by atoms with Crippen LogP contribution in [0.4, 0.5) is 5.69 Å². The average Bonchev–Trinajstić information content (AvgIpc) is 2.70. The molecule has 1 aromatic heterocycles. The van der Waals surface area contributed by atoms with Crippen LogP contribution in [0.25, 0.3) is 0 Å². The van der Waals surface area contributed by atoms with E-state index >= 15 is 0 Å². The van der Waals surface area contributed by atoms with Gasteiger partial charge in [0.15, 0.2) is 0 Å². The lowest BCUT2D eigenvalue weighted by molar-refractivity contribution is 0.765.